The van der Waals surface area contributed by atoms with Gasteiger partial charge in [-0.3, -0.25) is 4.79 Å². The van der Waals surface area contributed by atoms with E-state index in [0.29, 0.717) is 24.1 Å². The van der Waals surface area contributed by atoms with Crippen molar-refractivity contribution < 1.29 is 4.79 Å². The molecule has 4 nitrogen and oxygen atoms in total. The quantitative estimate of drug-likeness (QED) is 0.793. The monoisotopic (exact) mass is 269 g/mol. The highest BCUT2D eigenvalue weighted by Gasteiger charge is 2.18. The van der Waals surface area contributed by atoms with E-state index < -0.39 is 0 Å². The fourth-order valence-electron chi connectivity index (χ4n) is 2.02. The molecule has 0 aromatic heterocycles. The van der Waals surface area contributed by atoms with Gasteiger partial charge in [-0.05, 0) is 39.8 Å². The van der Waals surface area contributed by atoms with Crippen molar-refractivity contribution in [3.63, 3.8) is 0 Å². The van der Waals surface area contributed by atoms with Crippen LogP contribution in [0.2, 0.25) is 0 Å². The Morgan fingerprint density at radius 3 is 2.78 bits per heavy atom. The molecule has 0 radical (unpaired) electrons. The van der Waals surface area contributed by atoms with Gasteiger partial charge in [0.1, 0.15) is 0 Å². The largest absolute Gasteiger partial charge is 0.341 e. The third-order valence-corrected chi connectivity index (χ3v) is 4.53. The first-order valence-corrected chi connectivity index (χ1v) is 7.72. The van der Waals surface area contributed by atoms with E-state index in [-0.39, 0.29) is 11.8 Å². The van der Waals surface area contributed by atoms with Gasteiger partial charge in [-0.1, -0.05) is 0 Å². The average Bonchev–Trinajstić information content (AvgIpc) is 2.42. The summed E-state index contributed by atoms with van der Waals surface area (Å²) < 4.78 is 0. The van der Waals surface area contributed by atoms with E-state index in [2.05, 4.69) is 11.4 Å². The number of amides is 1. The van der Waals surface area contributed by atoms with Crippen molar-refractivity contribution in [1.82, 2.24) is 10.2 Å². The second-order valence-corrected chi connectivity index (χ2v) is 6.01. The van der Waals surface area contributed by atoms with Crippen LogP contribution in [0, 0.1) is 17.2 Å². The molecule has 0 aromatic carbocycles. The van der Waals surface area contributed by atoms with Crippen molar-refractivity contribution >= 4 is 17.7 Å². The molecule has 1 heterocycles. The van der Waals surface area contributed by atoms with E-state index in [0.717, 1.165) is 25.9 Å². The molecule has 102 valence electrons. The molecule has 0 spiro atoms. The summed E-state index contributed by atoms with van der Waals surface area (Å²) in [6.45, 7) is 7.20. The van der Waals surface area contributed by atoms with Crippen LogP contribution < -0.4 is 5.32 Å². The number of hydrogen-bond acceptors (Lipinski definition) is 4. The Bertz CT molecular complexity index is 297. The fraction of sp³-hybridized carbons (Fsp3) is 0.846. The molecule has 1 aliphatic heterocycles. The van der Waals surface area contributed by atoms with Crippen molar-refractivity contribution in [3.8, 4) is 6.07 Å². The van der Waals surface area contributed by atoms with Gasteiger partial charge in [0.15, 0.2) is 0 Å². The first kappa shape index (κ1) is 15.3. The molecular weight excluding hydrogens is 246 g/mol. The molecule has 18 heavy (non-hydrogen) atoms. The maximum atomic E-state index is 12.0. The molecule has 1 unspecified atom stereocenters. The van der Waals surface area contributed by atoms with Gasteiger partial charge < -0.3 is 10.2 Å². The molecule has 0 saturated carbocycles. The van der Waals surface area contributed by atoms with Crippen molar-refractivity contribution in [2.24, 2.45) is 5.92 Å². The summed E-state index contributed by atoms with van der Waals surface area (Å²) in [6, 6.07) is 2.18. The maximum absolute atomic E-state index is 12.0. The Balaban J connectivity index is 2.30. The second kappa shape index (κ2) is 8.39. The SMILES string of the molecule is CCN(CC(C)C#N)C(=O)CSC1CCNCC1. The second-order valence-electron chi connectivity index (χ2n) is 4.72. The number of hydrogen-bond donors (Lipinski definition) is 1. The van der Waals surface area contributed by atoms with E-state index >= 15 is 0 Å². The zero-order valence-corrected chi connectivity index (χ0v) is 12.1. The van der Waals surface area contributed by atoms with Crippen LogP contribution in [0.3, 0.4) is 0 Å². The van der Waals surface area contributed by atoms with Gasteiger partial charge in [-0.25, -0.2) is 0 Å². The minimum Gasteiger partial charge on any atom is -0.341 e. The number of nitrogens with one attached hydrogen (secondary N) is 1. The van der Waals surface area contributed by atoms with Crippen LogP contribution in [-0.4, -0.2) is 48.0 Å². The summed E-state index contributed by atoms with van der Waals surface area (Å²) in [7, 11) is 0. The maximum Gasteiger partial charge on any atom is 0.232 e. The molecule has 1 aliphatic rings. The summed E-state index contributed by atoms with van der Waals surface area (Å²) in [5, 5.41) is 12.7. The van der Waals surface area contributed by atoms with Crippen molar-refractivity contribution in [2.75, 3.05) is 31.9 Å². The molecule has 1 saturated heterocycles. The topological polar surface area (TPSA) is 56.1 Å². The highest BCUT2D eigenvalue weighted by Crippen LogP contribution is 2.20. The Labute approximate surface area is 114 Å². The first-order valence-electron chi connectivity index (χ1n) is 6.67. The third kappa shape index (κ3) is 5.28. The molecule has 1 rings (SSSR count). The highest BCUT2D eigenvalue weighted by molar-refractivity contribution is 8.00. The van der Waals surface area contributed by atoms with E-state index in [1.54, 1.807) is 16.7 Å². The van der Waals surface area contributed by atoms with Crippen LogP contribution in [0.15, 0.2) is 0 Å². The molecule has 0 aromatic rings. The van der Waals surface area contributed by atoms with Crippen molar-refractivity contribution in [3.05, 3.63) is 0 Å². The first-order chi connectivity index (χ1) is 8.67. The number of carbonyl (C=O) groups is 1. The minimum absolute atomic E-state index is 0.0854. The fourth-order valence-corrected chi connectivity index (χ4v) is 3.15. The minimum atomic E-state index is -0.0854. The molecule has 0 bridgehead atoms. The number of carbonyl (C=O) groups excluding carboxylic acids is 1. The number of nitriles is 1. The Kier molecular flexibility index (Phi) is 7.14. The lowest BCUT2D eigenvalue weighted by Crippen LogP contribution is -2.36. The van der Waals surface area contributed by atoms with Crippen LogP contribution in [0.25, 0.3) is 0 Å². The third-order valence-electron chi connectivity index (χ3n) is 3.18. The van der Waals surface area contributed by atoms with E-state index in [1.165, 1.54) is 0 Å². The van der Waals surface area contributed by atoms with E-state index in [1.807, 2.05) is 13.8 Å². The Hall–Kier alpha value is -0.730. The standard InChI is InChI=1S/C13H23N3OS/c1-3-16(9-11(2)8-14)13(17)10-18-12-4-6-15-7-5-12/h11-12,15H,3-7,9-10H2,1-2H3. The molecule has 1 N–H and O–H groups in total. The number of thioether (sulfide) groups is 1. The summed E-state index contributed by atoms with van der Waals surface area (Å²) in [5.74, 6) is 0.636. The Morgan fingerprint density at radius 1 is 1.56 bits per heavy atom. The zero-order valence-electron chi connectivity index (χ0n) is 11.3. The van der Waals surface area contributed by atoms with E-state index in [9.17, 15) is 4.79 Å². The van der Waals surface area contributed by atoms with Crippen LogP contribution in [-0.2, 0) is 4.79 Å². The van der Waals surface area contributed by atoms with Gasteiger partial charge in [-0.2, -0.15) is 5.26 Å². The number of rotatable bonds is 6. The van der Waals surface area contributed by atoms with Gasteiger partial charge in [0.25, 0.3) is 0 Å². The summed E-state index contributed by atoms with van der Waals surface area (Å²) >= 11 is 1.77. The van der Waals surface area contributed by atoms with Gasteiger partial charge in [-0.15, -0.1) is 11.8 Å². The van der Waals surface area contributed by atoms with Crippen LogP contribution in [0.4, 0.5) is 0 Å². The van der Waals surface area contributed by atoms with Gasteiger partial charge in [0, 0.05) is 18.3 Å². The lowest BCUT2D eigenvalue weighted by molar-refractivity contribution is -0.128. The average molecular weight is 269 g/mol. The summed E-state index contributed by atoms with van der Waals surface area (Å²) in [6.07, 6.45) is 2.30. The smallest absolute Gasteiger partial charge is 0.232 e. The highest BCUT2D eigenvalue weighted by atomic mass is 32.2. The van der Waals surface area contributed by atoms with Crippen LogP contribution >= 0.6 is 11.8 Å². The van der Waals surface area contributed by atoms with Crippen molar-refractivity contribution in [1.29, 1.82) is 5.26 Å². The van der Waals surface area contributed by atoms with Gasteiger partial charge in [0.2, 0.25) is 5.91 Å². The number of piperidine rings is 1. The van der Waals surface area contributed by atoms with Crippen molar-refractivity contribution in [2.45, 2.75) is 31.9 Å². The van der Waals surface area contributed by atoms with Crippen LogP contribution in [0.5, 0.6) is 0 Å². The van der Waals surface area contributed by atoms with Gasteiger partial charge >= 0.3 is 0 Å². The molecule has 0 aliphatic carbocycles. The molecule has 1 atom stereocenters. The summed E-state index contributed by atoms with van der Waals surface area (Å²) in [5.41, 5.74) is 0. The van der Waals surface area contributed by atoms with E-state index in [4.69, 9.17) is 5.26 Å². The lowest BCUT2D eigenvalue weighted by Gasteiger charge is -2.25. The zero-order chi connectivity index (χ0) is 13.4. The molecule has 1 fully saturated rings. The normalized spacial score (nSPS) is 18.1. The predicted octanol–water partition coefficient (Wildman–Crippen LogP) is 1.48. The Morgan fingerprint density at radius 2 is 2.22 bits per heavy atom. The molecular formula is C13H23N3OS. The van der Waals surface area contributed by atoms with Gasteiger partial charge in [0.05, 0.1) is 17.7 Å². The predicted molar refractivity (Wildman–Crippen MR) is 75.4 cm³/mol. The summed E-state index contributed by atoms with van der Waals surface area (Å²) in [4.78, 5) is 13.8. The van der Waals surface area contributed by atoms with Crippen LogP contribution in [0.1, 0.15) is 26.7 Å². The molecule has 1 amide bonds. The number of nitrogens with zero attached hydrogens (tertiary/aromatic N) is 2. The molecule has 5 heteroatoms. The lowest BCUT2D eigenvalue weighted by atomic mass is 10.2.